The predicted molar refractivity (Wildman–Crippen MR) is 109 cm³/mol. The van der Waals surface area contributed by atoms with Crippen LogP contribution in [0.15, 0.2) is 53.4 Å². The van der Waals surface area contributed by atoms with Crippen molar-refractivity contribution < 1.29 is 13.2 Å². The molecule has 1 heterocycles. The standard InChI is InChI=1S/C20H22N4O3S/c1-13-6-4-7-14(2)19(13)17-11-18(27-3)23-20(22-17)24-28(25,26)16-9-5-8-15(10-16)12-21/h4-11H,12,21H2,1-3H3,(H,22,23,24). The summed E-state index contributed by atoms with van der Waals surface area (Å²) in [7, 11) is -2.40. The van der Waals surface area contributed by atoms with Crippen LogP contribution in [0.4, 0.5) is 5.95 Å². The van der Waals surface area contributed by atoms with Crippen LogP contribution in [0.2, 0.25) is 0 Å². The number of aryl methyl sites for hydroxylation is 2. The molecule has 0 unspecified atom stereocenters. The molecule has 0 spiro atoms. The third-order valence-corrected chi connectivity index (χ3v) is 5.64. The summed E-state index contributed by atoms with van der Waals surface area (Å²) in [6, 6.07) is 14.0. The number of nitrogens with zero attached hydrogens (tertiary/aromatic N) is 2. The van der Waals surface area contributed by atoms with Gasteiger partial charge in [-0.1, -0.05) is 30.3 Å². The van der Waals surface area contributed by atoms with E-state index >= 15 is 0 Å². The first-order valence-corrected chi connectivity index (χ1v) is 10.1. The molecule has 0 saturated carbocycles. The minimum Gasteiger partial charge on any atom is -0.481 e. The number of nitrogens with two attached hydrogens (primary N) is 1. The second-order valence-electron chi connectivity index (χ2n) is 6.34. The number of ether oxygens (including phenoxy) is 1. The average Bonchev–Trinajstić information content (AvgIpc) is 2.67. The Bertz CT molecular complexity index is 1090. The summed E-state index contributed by atoms with van der Waals surface area (Å²) in [5.41, 5.74) is 9.85. The van der Waals surface area contributed by atoms with E-state index in [0.717, 1.165) is 16.7 Å². The largest absolute Gasteiger partial charge is 0.481 e. The Morgan fingerprint density at radius 1 is 1.04 bits per heavy atom. The van der Waals surface area contributed by atoms with Gasteiger partial charge in [0.1, 0.15) is 0 Å². The first-order valence-electron chi connectivity index (χ1n) is 8.65. The Balaban J connectivity index is 2.05. The van der Waals surface area contributed by atoms with E-state index < -0.39 is 10.0 Å². The molecule has 8 heteroatoms. The van der Waals surface area contributed by atoms with Crippen molar-refractivity contribution >= 4 is 16.0 Å². The molecule has 7 nitrogen and oxygen atoms in total. The second-order valence-corrected chi connectivity index (χ2v) is 8.03. The van der Waals surface area contributed by atoms with Gasteiger partial charge in [-0.15, -0.1) is 0 Å². The van der Waals surface area contributed by atoms with Crippen LogP contribution in [-0.2, 0) is 16.6 Å². The molecule has 0 aliphatic heterocycles. The Kier molecular flexibility index (Phi) is 5.62. The number of benzene rings is 2. The van der Waals surface area contributed by atoms with Crippen molar-refractivity contribution in [3.8, 4) is 17.1 Å². The van der Waals surface area contributed by atoms with E-state index in [4.69, 9.17) is 10.5 Å². The lowest BCUT2D eigenvalue weighted by Crippen LogP contribution is -2.16. The molecule has 146 valence electrons. The van der Waals surface area contributed by atoms with Crippen LogP contribution in [-0.4, -0.2) is 25.5 Å². The van der Waals surface area contributed by atoms with Crippen molar-refractivity contribution in [3.05, 3.63) is 65.2 Å². The number of methoxy groups -OCH3 is 1. The van der Waals surface area contributed by atoms with Gasteiger partial charge in [0.2, 0.25) is 11.8 Å². The number of nitrogens with one attached hydrogen (secondary N) is 1. The van der Waals surface area contributed by atoms with Crippen molar-refractivity contribution in [2.24, 2.45) is 5.73 Å². The maximum Gasteiger partial charge on any atom is 0.264 e. The molecule has 0 fully saturated rings. The monoisotopic (exact) mass is 398 g/mol. The van der Waals surface area contributed by atoms with Crippen LogP contribution in [0.1, 0.15) is 16.7 Å². The maximum atomic E-state index is 12.8. The molecular weight excluding hydrogens is 376 g/mol. The first kappa shape index (κ1) is 19.8. The second kappa shape index (κ2) is 7.95. The molecule has 2 aromatic carbocycles. The molecule has 0 atom stereocenters. The average molecular weight is 398 g/mol. The minimum atomic E-state index is -3.88. The SMILES string of the molecule is COc1cc(-c2c(C)cccc2C)nc(NS(=O)(=O)c2cccc(CN)c2)n1. The molecule has 3 aromatic rings. The Hall–Kier alpha value is -2.97. The van der Waals surface area contributed by atoms with Gasteiger partial charge in [-0.05, 0) is 42.7 Å². The Labute approximate surface area is 164 Å². The number of hydrogen-bond acceptors (Lipinski definition) is 6. The fourth-order valence-electron chi connectivity index (χ4n) is 2.94. The summed E-state index contributed by atoms with van der Waals surface area (Å²) >= 11 is 0. The number of anilines is 1. The number of rotatable bonds is 6. The van der Waals surface area contributed by atoms with Crippen LogP contribution in [0.25, 0.3) is 11.3 Å². The van der Waals surface area contributed by atoms with Crippen molar-refractivity contribution in [2.45, 2.75) is 25.3 Å². The molecule has 0 aliphatic rings. The minimum absolute atomic E-state index is 0.0600. The highest BCUT2D eigenvalue weighted by molar-refractivity contribution is 7.92. The molecular formula is C20H22N4O3S. The third-order valence-electron chi connectivity index (χ3n) is 4.32. The highest BCUT2D eigenvalue weighted by Gasteiger charge is 2.18. The maximum absolute atomic E-state index is 12.8. The summed E-state index contributed by atoms with van der Waals surface area (Å²) in [5, 5.41) is 0. The molecule has 28 heavy (non-hydrogen) atoms. The number of hydrogen-bond donors (Lipinski definition) is 2. The lowest BCUT2D eigenvalue weighted by atomic mass is 10.00. The highest BCUT2D eigenvalue weighted by Crippen LogP contribution is 2.29. The van der Waals surface area contributed by atoms with E-state index in [0.29, 0.717) is 11.3 Å². The molecule has 3 rings (SSSR count). The summed E-state index contributed by atoms with van der Waals surface area (Å²) in [6.07, 6.45) is 0. The quantitative estimate of drug-likeness (QED) is 0.661. The summed E-state index contributed by atoms with van der Waals surface area (Å²) in [5.74, 6) is 0.205. The van der Waals surface area contributed by atoms with Crippen molar-refractivity contribution in [3.63, 3.8) is 0 Å². The lowest BCUT2D eigenvalue weighted by molar-refractivity contribution is 0.398. The van der Waals surface area contributed by atoms with Gasteiger partial charge in [-0.3, -0.25) is 0 Å². The zero-order valence-electron chi connectivity index (χ0n) is 15.9. The fourth-order valence-corrected chi connectivity index (χ4v) is 3.95. The molecule has 0 amide bonds. The van der Waals surface area contributed by atoms with Gasteiger partial charge in [-0.25, -0.2) is 18.1 Å². The molecule has 1 aromatic heterocycles. The van der Waals surface area contributed by atoms with Crippen LogP contribution >= 0.6 is 0 Å². The van der Waals surface area contributed by atoms with E-state index in [-0.39, 0.29) is 23.3 Å². The fraction of sp³-hybridized carbons (Fsp3) is 0.200. The summed E-state index contributed by atoms with van der Waals surface area (Å²) in [6.45, 7) is 4.19. The van der Waals surface area contributed by atoms with E-state index in [2.05, 4.69) is 14.7 Å². The Morgan fingerprint density at radius 2 is 1.71 bits per heavy atom. The van der Waals surface area contributed by atoms with Gasteiger partial charge in [0, 0.05) is 18.2 Å². The van der Waals surface area contributed by atoms with Crippen molar-refractivity contribution in [1.82, 2.24) is 9.97 Å². The summed E-state index contributed by atoms with van der Waals surface area (Å²) < 4.78 is 33.2. The van der Waals surface area contributed by atoms with Gasteiger partial charge in [-0.2, -0.15) is 4.98 Å². The lowest BCUT2D eigenvalue weighted by Gasteiger charge is -2.13. The topological polar surface area (TPSA) is 107 Å². The summed E-state index contributed by atoms with van der Waals surface area (Å²) in [4.78, 5) is 8.66. The van der Waals surface area contributed by atoms with Crippen LogP contribution in [0.3, 0.4) is 0 Å². The normalized spacial score (nSPS) is 11.3. The molecule has 3 N–H and O–H groups in total. The van der Waals surface area contributed by atoms with Gasteiger partial charge in [0.05, 0.1) is 17.7 Å². The van der Waals surface area contributed by atoms with Gasteiger partial charge in [0.25, 0.3) is 10.0 Å². The van der Waals surface area contributed by atoms with Crippen molar-refractivity contribution in [1.29, 1.82) is 0 Å². The predicted octanol–water partition coefficient (Wildman–Crippen LogP) is 3.03. The smallest absolute Gasteiger partial charge is 0.264 e. The zero-order valence-corrected chi connectivity index (χ0v) is 16.7. The number of aromatic nitrogens is 2. The van der Waals surface area contributed by atoms with E-state index in [1.54, 1.807) is 18.2 Å². The van der Waals surface area contributed by atoms with Crippen LogP contribution in [0, 0.1) is 13.8 Å². The van der Waals surface area contributed by atoms with E-state index in [1.165, 1.54) is 19.2 Å². The molecule has 0 bridgehead atoms. The molecule has 0 aliphatic carbocycles. The third kappa shape index (κ3) is 4.13. The van der Waals surface area contributed by atoms with Gasteiger partial charge < -0.3 is 10.5 Å². The Morgan fingerprint density at radius 3 is 2.36 bits per heavy atom. The highest BCUT2D eigenvalue weighted by atomic mass is 32.2. The van der Waals surface area contributed by atoms with Gasteiger partial charge >= 0.3 is 0 Å². The first-order chi connectivity index (χ1) is 13.3. The van der Waals surface area contributed by atoms with E-state index in [1.807, 2.05) is 32.0 Å². The molecule has 0 radical (unpaired) electrons. The van der Waals surface area contributed by atoms with Crippen LogP contribution < -0.4 is 15.2 Å². The molecule has 0 saturated heterocycles. The number of sulfonamides is 1. The van der Waals surface area contributed by atoms with Crippen LogP contribution in [0.5, 0.6) is 5.88 Å². The van der Waals surface area contributed by atoms with E-state index in [9.17, 15) is 8.42 Å². The van der Waals surface area contributed by atoms with Crippen molar-refractivity contribution in [2.75, 3.05) is 11.8 Å². The zero-order chi connectivity index (χ0) is 20.3. The van der Waals surface area contributed by atoms with Gasteiger partial charge in [0.15, 0.2) is 0 Å².